The van der Waals surface area contributed by atoms with Crippen LogP contribution in [0.3, 0.4) is 0 Å². The molecule has 1 atom stereocenters. The van der Waals surface area contributed by atoms with Gasteiger partial charge in [0, 0.05) is 17.5 Å². The third-order valence-electron chi connectivity index (χ3n) is 4.48. The van der Waals surface area contributed by atoms with E-state index in [1.807, 2.05) is 17.5 Å². The van der Waals surface area contributed by atoms with E-state index in [0.29, 0.717) is 0 Å². The van der Waals surface area contributed by atoms with Crippen LogP contribution in [0.15, 0.2) is 65.7 Å². The van der Waals surface area contributed by atoms with E-state index in [1.165, 1.54) is 5.56 Å². The molecule has 0 aliphatic carbocycles. The molecule has 1 heterocycles. The van der Waals surface area contributed by atoms with Gasteiger partial charge in [0.05, 0.1) is 6.42 Å². The van der Waals surface area contributed by atoms with Crippen molar-refractivity contribution in [2.24, 2.45) is 4.99 Å². The van der Waals surface area contributed by atoms with Gasteiger partial charge in [0.25, 0.3) is 5.84 Å². The second-order valence-electron chi connectivity index (χ2n) is 6.14. The molecule has 122 valence electrons. The Labute approximate surface area is 149 Å². The highest BCUT2D eigenvalue weighted by Crippen LogP contribution is 2.28. The number of benzene rings is 2. The lowest BCUT2D eigenvalue weighted by molar-refractivity contribution is -0.534. The second kappa shape index (κ2) is 7.63. The minimum absolute atomic E-state index is 0.368. The summed E-state index contributed by atoms with van der Waals surface area (Å²) in [7, 11) is 0. The largest absolute Gasteiger partial charge is 0.293 e. The number of hydrogen-bond acceptors (Lipinski definition) is 2. The summed E-state index contributed by atoms with van der Waals surface area (Å²) in [6, 6.07) is 20.9. The molecule has 0 aromatic heterocycles. The standard InChI is InChI=1S/C21H22N2S/c1-2-3-14-19-22-20(17-10-6-4-7-11-17)21(23-19,15-16-24)18-12-8-5-9-13-18/h4-13,16H,2-3,14-15H2,1H3/p+1. The molecular weight excluding hydrogens is 312 g/mol. The molecule has 1 aliphatic heterocycles. The summed E-state index contributed by atoms with van der Waals surface area (Å²) in [4.78, 5) is 8.72. The molecule has 2 aromatic rings. The fourth-order valence-electron chi connectivity index (χ4n) is 3.26. The number of hydrogen-bond donors (Lipinski definition) is 1. The van der Waals surface area contributed by atoms with Gasteiger partial charge in [0.15, 0.2) is 5.54 Å². The van der Waals surface area contributed by atoms with Crippen LogP contribution in [-0.4, -0.2) is 16.9 Å². The van der Waals surface area contributed by atoms with E-state index in [-0.39, 0.29) is 5.54 Å². The van der Waals surface area contributed by atoms with Gasteiger partial charge in [0.2, 0.25) is 5.71 Å². The van der Waals surface area contributed by atoms with Crippen LogP contribution in [0.4, 0.5) is 0 Å². The van der Waals surface area contributed by atoms with E-state index < -0.39 is 0 Å². The Bertz CT molecular complexity index is 750. The first-order valence-corrected chi connectivity index (χ1v) is 9.05. The lowest BCUT2D eigenvalue weighted by Gasteiger charge is -2.23. The van der Waals surface area contributed by atoms with E-state index in [2.05, 4.69) is 60.4 Å². The average molecular weight is 335 g/mol. The monoisotopic (exact) mass is 335 g/mol. The second-order valence-corrected chi connectivity index (χ2v) is 6.48. The average Bonchev–Trinajstić information content (AvgIpc) is 3.01. The lowest BCUT2D eigenvalue weighted by Crippen LogP contribution is -2.85. The zero-order valence-electron chi connectivity index (χ0n) is 14.0. The Hall–Kier alpha value is -2.13. The van der Waals surface area contributed by atoms with Crippen LogP contribution in [-0.2, 0) is 5.54 Å². The molecule has 0 saturated heterocycles. The molecule has 0 saturated carbocycles. The molecule has 0 amide bonds. The van der Waals surface area contributed by atoms with Gasteiger partial charge in [-0.15, -0.1) is 0 Å². The normalized spacial score (nSPS) is 19.7. The molecule has 0 spiro atoms. The lowest BCUT2D eigenvalue weighted by atomic mass is 9.81. The Morgan fingerprint density at radius 1 is 1.04 bits per heavy atom. The number of unbranched alkanes of at least 4 members (excludes halogenated alkanes) is 1. The molecule has 1 N–H and O–H groups in total. The van der Waals surface area contributed by atoms with Crippen molar-refractivity contribution < 1.29 is 4.99 Å². The quantitative estimate of drug-likeness (QED) is 0.771. The number of thiocarbonyl (C=S) groups is 1. The summed E-state index contributed by atoms with van der Waals surface area (Å²) < 4.78 is 0. The van der Waals surface area contributed by atoms with Crippen LogP contribution in [0.25, 0.3) is 0 Å². The molecule has 1 unspecified atom stereocenters. The van der Waals surface area contributed by atoms with Gasteiger partial charge in [-0.1, -0.05) is 86.2 Å². The molecule has 3 heteroatoms. The molecule has 2 aromatic carbocycles. The topological polar surface area (TPSA) is 26.3 Å². The molecule has 1 aliphatic rings. The predicted molar refractivity (Wildman–Crippen MR) is 105 cm³/mol. The minimum Gasteiger partial charge on any atom is -0.257 e. The van der Waals surface area contributed by atoms with E-state index >= 15 is 0 Å². The highest BCUT2D eigenvalue weighted by Gasteiger charge is 2.48. The summed E-state index contributed by atoms with van der Waals surface area (Å²) in [5, 5.41) is 1.82. The summed E-state index contributed by atoms with van der Waals surface area (Å²) in [5.41, 5.74) is 3.06. The van der Waals surface area contributed by atoms with Gasteiger partial charge in [-0.25, -0.2) is 0 Å². The van der Waals surface area contributed by atoms with Crippen molar-refractivity contribution in [3.05, 3.63) is 71.8 Å². The zero-order chi connectivity index (χ0) is 16.8. The van der Waals surface area contributed by atoms with E-state index in [0.717, 1.165) is 42.8 Å². The summed E-state index contributed by atoms with van der Waals surface area (Å²) in [6.07, 6.45) is 4.00. The SMILES string of the molecule is CCCCC1=[NH+]C(CC=S)(c2ccccc2)C(c2ccccc2)=N1. The molecule has 3 rings (SSSR count). The van der Waals surface area contributed by atoms with Gasteiger partial charge in [0.1, 0.15) is 0 Å². The summed E-state index contributed by atoms with van der Waals surface area (Å²) in [6.45, 7) is 2.21. The van der Waals surface area contributed by atoms with Crippen molar-refractivity contribution in [2.75, 3.05) is 0 Å². The number of nitrogens with zero attached hydrogens (tertiary/aromatic N) is 1. The molecular formula is C21H23N2S+. The molecule has 24 heavy (non-hydrogen) atoms. The Kier molecular flexibility index (Phi) is 5.31. The number of amidine groups is 1. The Balaban J connectivity index is 2.13. The van der Waals surface area contributed by atoms with Crippen molar-refractivity contribution in [3.63, 3.8) is 0 Å². The van der Waals surface area contributed by atoms with Gasteiger partial charge in [-0.2, -0.15) is 0 Å². The highest BCUT2D eigenvalue weighted by molar-refractivity contribution is 7.78. The van der Waals surface area contributed by atoms with Crippen LogP contribution in [0.5, 0.6) is 0 Å². The fourth-order valence-corrected chi connectivity index (χ4v) is 3.51. The van der Waals surface area contributed by atoms with Crippen LogP contribution in [0, 0.1) is 0 Å². The highest BCUT2D eigenvalue weighted by atomic mass is 32.1. The van der Waals surface area contributed by atoms with Crippen molar-refractivity contribution in [1.82, 2.24) is 0 Å². The smallest absolute Gasteiger partial charge is 0.257 e. The summed E-state index contributed by atoms with van der Waals surface area (Å²) >= 11 is 5.26. The first-order valence-electron chi connectivity index (χ1n) is 8.58. The fraction of sp³-hybridized carbons (Fsp3) is 0.286. The van der Waals surface area contributed by atoms with Crippen LogP contribution in [0.1, 0.15) is 43.7 Å². The van der Waals surface area contributed by atoms with Crippen LogP contribution < -0.4 is 4.99 Å². The van der Waals surface area contributed by atoms with Crippen molar-refractivity contribution in [1.29, 1.82) is 0 Å². The molecule has 0 bridgehead atoms. The van der Waals surface area contributed by atoms with Crippen LogP contribution >= 0.6 is 12.2 Å². The maximum absolute atomic E-state index is 5.26. The van der Waals surface area contributed by atoms with Gasteiger partial charge in [-0.05, 0) is 16.8 Å². The zero-order valence-corrected chi connectivity index (χ0v) is 14.9. The van der Waals surface area contributed by atoms with Crippen molar-refractivity contribution in [3.8, 4) is 0 Å². The number of aliphatic imine (C=N–C) groups is 1. The Morgan fingerprint density at radius 2 is 1.71 bits per heavy atom. The van der Waals surface area contributed by atoms with Gasteiger partial charge >= 0.3 is 0 Å². The summed E-state index contributed by atoms with van der Waals surface area (Å²) in [5.74, 6) is 1.07. The van der Waals surface area contributed by atoms with E-state index in [1.54, 1.807) is 0 Å². The third kappa shape index (κ3) is 3.22. The minimum atomic E-state index is -0.368. The van der Waals surface area contributed by atoms with E-state index in [4.69, 9.17) is 17.2 Å². The van der Waals surface area contributed by atoms with Gasteiger partial charge < -0.3 is 0 Å². The third-order valence-corrected chi connectivity index (χ3v) is 4.65. The first-order chi connectivity index (χ1) is 11.8. The predicted octanol–water partition coefficient (Wildman–Crippen LogP) is 3.44. The molecule has 0 fully saturated rings. The van der Waals surface area contributed by atoms with Crippen LogP contribution in [0.2, 0.25) is 0 Å². The maximum Gasteiger partial charge on any atom is 0.293 e. The van der Waals surface area contributed by atoms with E-state index in [9.17, 15) is 0 Å². The number of nitrogens with one attached hydrogen (secondary N) is 1. The van der Waals surface area contributed by atoms with Crippen molar-refractivity contribution >= 4 is 29.1 Å². The molecule has 0 radical (unpaired) electrons. The number of rotatable bonds is 7. The first kappa shape index (κ1) is 16.7. The molecule has 2 nitrogen and oxygen atoms in total. The van der Waals surface area contributed by atoms with Gasteiger partial charge in [-0.3, -0.25) is 4.99 Å². The van der Waals surface area contributed by atoms with Crippen molar-refractivity contribution in [2.45, 2.75) is 38.1 Å². The Morgan fingerprint density at radius 3 is 2.33 bits per heavy atom. The maximum atomic E-state index is 5.26.